The molecule has 0 saturated heterocycles. The van der Waals surface area contributed by atoms with Gasteiger partial charge in [0.25, 0.3) is 0 Å². The summed E-state index contributed by atoms with van der Waals surface area (Å²) in [5, 5.41) is 2.84. The highest BCUT2D eigenvalue weighted by atomic mass is 32.2. The van der Waals surface area contributed by atoms with Gasteiger partial charge in [-0.15, -0.1) is 0 Å². The van der Waals surface area contributed by atoms with Crippen molar-refractivity contribution in [2.45, 2.75) is 53.6 Å². The maximum absolute atomic E-state index is 13.7. The van der Waals surface area contributed by atoms with E-state index in [0.717, 1.165) is 37.3 Å². The van der Waals surface area contributed by atoms with Gasteiger partial charge in [0.1, 0.15) is 12.6 Å². The van der Waals surface area contributed by atoms with Crippen LogP contribution in [0, 0.1) is 20.8 Å². The third-order valence-electron chi connectivity index (χ3n) is 5.80. The summed E-state index contributed by atoms with van der Waals surface area (Å²) >= 11 is 0. The number of anilines is 1. The summed E-state index contributed by atoms with van der Waals surface area (Å²) < 4.78 is 28.8. The second-order valence-corrected chi connectivity index (χ2v) is 11.1. The molecule has 2 aromatic rings. The molecule has 1 N–H and O–H groups in total. The molecule has 2 amide bonds. The summed E-state index contributed by atoms with van der Waals surface area (Å²) in [6, 6.07) is 12.4. The van der Waals surface area contributed by atoms with Crippen LogP contribution >= 0.6 is 0 Å². The number of carbonyl (C=O) groups excluding carboxylic acids is 2. The number of aryl methyl sites for hydroxylation is 3. The minimum absolute atomic E-state index is 0.184. The number of hydrogen-bond acceptors (Lipinski definition) is 4. The molecular weight excluding hydrogens is 464 g/mol. The second-order valence-electron chi connectivity index (χ2n) is 9.06. The van der Waals surface area contributed by atoms with Gasteiger partial charge in [-0.05, 0) is 56.9 Å². The zero-order valence-electron chi connectivity index (χ0n) is 21.8. The van der Waals surface area contributed by atoms with Crippen LogP contribution in [0.15, 0.2) is 42.5 Å². The zero-order chi connectivity index (χ0) is 26.3. The molecule has 0 saturated carbocycles. The largest absolute Gasteiger partial charge is 0.354 e. The first kappa shape index (κ1) is 28.3. The van der Waals surface area contributed by atoms with Crippen LogP contribution < -0.4 is 9.62 Å². The first-order valence-corrected chi connectivity index (χ1v) is 13.2. The van der Waals surface area contributed by atoms with Crippen LogP contribution in [-0.2, 0) is 26.3 Å². The van der Waals surface area contributed by atoms with Crippen LogP contribution in [-0.4, -0.2) is 62.7 Å². The van der Waals surface area contributed by atoms with Crippen molar-refractivity contribution in [3.8, 4) is 0 Å². The highest BCUT2D eigenvalue weighted by Crippen LogP contribution is 2.26. The Labute approximate surface area is 210 Å². The quantitative estimate of drug-likeness (QED) is 0.511. The molecular formula is C26H38N4O4S. The van der Waals surface area contributed by atoms with Crippen molar-refractivity contribution < 1.29 is 18.0 Å². The Morgan fingerprint density at radius 1 is 1.00 bits per heavy atom. The van der Waals surface area contributed by atoms with Gasteiger partial charge >= 0.3 is 10.2 Å². The zero-order valence-corrected chi connectivity index (χ0v) is 22.6. The van der Waals surface area contributed by atoms with E-state index in [2.05, 4.69) is 5.32 Å². The van der Waals surface area contributed by atoms with Crippen molar-refractivity contribution in [1.29, 1.82) is 0 Å². The molecule has 2 aromatic carbocycles. The molecule has 0 aliphatic carbocycles. The molecule has 1 atom stereocenters. The van der Waals surface area contributed by atoms with Crippen molar-refractivity contribution >= 4 is 27.7 Å². The summed E-state index contributed by atoms with van der Waals surface area (Å²) in [6.07, 6.45) is 0.770. The fourth-order valence-electron chi connectivity index (χ4n) is 3.68. The number of benzene rings is 2. The molecule has 0 spiro atoms. The molecule has 0 fully saturated rings. The molecule has 0 aliphatic heterocycles. The van der Waals surface area contributed by atoms with Crippen LogP contribution in [0.3, 0.4) is 0 Å². The standard InChI is InChI=1S/C26H38N4O4S/c1-8-14-27-26(32)22(5)29(17-23-11-9-10-19(2)15-23)25(31)18-30(35(33,34)28(6)7)24-16-20(3)12-13-21(24)4/h9-13,15-16,22H,8,14,17-18H2,1-7H3,(H,27,32)/t22-/m0/s1. The predicted octanol–water partition coefficient (Wildman–Crippen LogP) is 3.17. The number of nitrogens with one attached hydrogen (secondary N) is 1. The Balaban J connectivity index is 2.49. The molecule has 2 rings (SSSR count). The van der Waals surface area contributed by atoms with Crippen LogP contribution in [0.5, 0.6) is 0 Å². The molecule has 8 nitrogen and oxygen atoms in total. The molecule has 0 radical (unpaired) electrons. The maximum atomic E-state index is 13.7. The molecule has 0 aromatic heterocycles. The lowest BCUT2D eigenvalue weighted by molar-refractivity contribution is -0.139. The molecule has 0 bridgehead atoms. The topological polar surface area (TPSA) is 90.0 Å². The Hall–Kier alpha value is -2.91. The lowest BCUT2D eigenvalue weighted by atomic mass is 10.1. The fraction of sp³-hybridized carbons (Fsp3) is 0.462. The third kappa shape index (κ3) is 7.29. The summed E-state index contributed by atoms with van der Waals surface area (Å²) in [6.45, 7) is 9.51. The monoisotopic (exact) mass is 502 g/mol. The van der Waals surface area contributed by atoms with E-state index >= 15 is 0 Å². The summed E-state index contributed by atoms with van der Waals surface area (Å²) in [5.41, 5.74) is 3.94. The summed E-state index contributed by atoms with van der Waals surface area (Å²) in [7, 11) is -1.11. The fourth-order valence-corrected chi connectivity index (χ4v) is 4.79. The number of carbonyl (C=O) groups is 2. The molecule has 0 unspecified atom stereocenters. The van der Waals surface area contributed by atoms with E-state index in [1.54, 1.807) is 13.0 Å². The van der Waals surface area contributed by atoms with Crippen LogP contribution in [0.2, 0.25) is 0 Å². The highest BCUT2D eigenvalue weighted by molar-refractivity contribution is 7.90. The second kappa shape index (κ2) is 12.2. The minimum atomic E-state index is -3.98. The average molecular weight is 503 g/mol. The van der Waals surface area contributed by atoms with Crippen LogP contribution in [0.4, 0.5) is 5.69 Å². The molecule has 0 heterocycles. The number of rotatable bonds is 11. The van der Waals surface area contributed by atoms with Gasteiger partial charge in [-0.2, -0.15) is 12.7 Å². The van der Waals surface area contributed by atoms with Gasteiger partial charge < -0.3 is 10.2 Å². The van der Waals surface area contributed by atoms with Crippen molar-refractivity contribution in [3.05, 3.63) is 64.7 Å². The third-order valence-corrected chi connectivity index (χ3v) is 7.61. The van der Waals surface area contributed by atoms with Gasteiger partial charge in [-0.25, -0.2) is 4.31 Å². The van der Waals surface area contributed by atoms with Crippen molar-refractivity contribution in [3.63, 3.8) is 0 Å². The Bertz CT molecular complexity index is 1150. The minimum Gasteiger partial charge on any atom is -0.354 e. The van der Waals surface area contributed by atoms with E-state index in [1.807, 2.05) is 64.1 Å². The normalized spacial score (nSPS) is 12.3. The lowest BCUT2D eigenvalue weighted by Gasteiger charge is -2.33. The summed E-state index contributed by atoms with van der Waals surface area (Å²) in [5.74, 6) is -0.737. The lowest BCUT2D eigenvalue weighted by Crippen LogP contribution is -2.52. The smallest absolute Gasteiger partial charge is 0.304 e. The Morgan fingerprint density at radius 2 is 1.66 bits per heavy atom. The Morgan fingerprint density at radius 3 is 2.26 bits per heavy atom. The highest BCUT2D eigenvalue weighted by Gasteiger charge is 2.33. The van der Waals surface area contributed by atoms with E-state index in [0.29, 0.717) is 12.2 Å². The maximum Gasteiger partial charge on any atom is 0.304 e. The van der Waals surface area contributed by atoms with Crippen molar-refractivity contribution in [1.82, 2.24) is 14.5 Å². The van der Waals surface area contributed by atoms with E-state index in [-0.39, 0.29) is 12.5 Å². The predicted molar refractivity (Wildman–Crippen MR) is 140 cm³/mol. The van der Waals surface area contributed by atoms with E-state index in [1.165, 1.54) is 19.0 Å². The number of hydrogen-bond donors (Lipinski definition) is 1. The van der Waals surface area contributed by atoms with E-state index in [9.17, 15) is 18.0 Å². The number of amides is 2. The van der Waals surface area contributed by atoms with E-state index in [4.69, 9.17) is 0 Å². The summed E-state index contributed by atoms with van der Waals surface area (Å²) in [4.78, 5) is 28.0. The number of nitrogens with zero attached hydrogens (tertiary/aromatic N) is 3. The Kier molecular flexibility index (Phi) is 9.85. The van der Waals surface area contributed by atoms with Gasteiger partial charge in [0.2, 0.25) is 11.8 Å². The van der Waals surface area contributed by atoms with Gasteiger partial charge in [0.05, 0.1) is 5.69 Å². The first-order valence-electron chi connectivity index (χ1n) is 11.8. The van der Waals surface area contributed by atoms with Gasteiger partial charge in [-0.3, -0.25) is 9.59 Å². The van der Waals surface area contributed by atoms with Crippen molar-refractivity contribution in [2.75, 3.05) is 31.5 Å². The van der Waals surface area contributed by atoms with Gasteiger partial charge in [-0.1, -0.05) is 48.9 Å². The van der Waals surface area contributed by atoms with Crippen LogP contribution in [0.25, 0.3) is 0 Å². The van der Waals surface area contributed by atoms with E-state index < -0.39 is 28.7 Å². The molecule has 35 heavy (non-hydrogen) atoms. The molecule has 192 valence electrons. The molecule has 0 aliphatic rings. The SMILES string of the molecule is CCCNC(=O)[C@H](C)N(Cc1cccc(C)c1)C(=O)CN(c1cc(C)ccc1C)S(=O)(=O)N(C)C. The first-order chi connectivity index (χ1) is 16.4. The van der Waals surface area contributed by atoms with Crippen LogP contribution in [0.1, 0.15) is 42.5 Å². The molecule has 9 heteroatoms. The van der Waals surface area contributed by atoms with Gasteiger partial charge in [0, 0.05) is 27.2 Å². The van der Waals surface area contributed by atoms with Crippen molar-refractivity contribution in [2.24, 2.45) is 0 Å². The van der Waals surface area contributed by atoms with Gasteiger partial charge in [0.15, 0.2) is 0 Å². The average Bonchev–Trinajstić information content (AvgIpc) is 2.80.